The Morgan fingerprint density at radius 3 is 2.21 bits per heavy atom. The lowest BCUT2D eigenvalue weighted by Crippen LogP contribution is -2.51. The van der Waals surface area contributed by atoms with Gasteiger partial charge in [0.25, 0.3) is 5.91 Å². The maximum atomic E-state index is 13.9. The molecule has 0 spiro atoms. The fourth-order valence-corrected chi connectivity index (χ4v) is 4.29. The third kappa shape index (κ3) is 4.62. The van der Waals surface area contributed by atoms with Crippen LogP contribution in [-0.4, -0.2) is 35.8 Å². The number of esters is 1. The van der Waals surface area contributed by atoms with E-state index in [2.05, 4.69) is 11.9 Å². The van der Waals surface area contributed by atoms with E-state index < -0.39 is 24.0 Å². The minimum Gasteiger partial charge on any atom is -0.467 e. The third-order valence-electron chi connectivity index (χ3n) is 5.97. The van der Waals surface area contributed by atoms with Crippen LogP contribution in [0, 0.1) is 0 Å². The summed E-state index contributed by atoms with van der Waals surface area (Å²) in [7, 11) is 1.28. The molecule has 3 aromatic rings. The molecule has 2 atom stereocenters. The molecule has 3 aromatic carbocycles. The van der Waals surface area contributed by atoms with Gasteiger partial charge in [0.1, 0.15) is 12.1 Å². The summed E-state index contributed by atoms with van der Waals surface area (Å²) in [5, 5.41) is 2.94. The number of methoxy groups -OCH3 is 1. The molecular weight excluding hydrogens is 428 g/mol. The van der Waals surface area contributed by atoms with Crippen LogP contribution in [0.1, 0.15) is 39.5 Å². The number of carbonyl (C=O) groups is 3. The minimum absolute atomic E-state index is 0.157. The predicted molar refractivity (Wildman–Crippen MR) is 130 cm³/mol. The zero-order valence-corrected chi connectivity index (χ0v) is 18.9. The van der Waals surface area contributed by atoms with Crippen molar-refractivity contribution < 1.29 is 19.1 Å². The van der Waals surface area contributed by atoms with E-state index in [0.717, 1.165) is 5.56 Å². The Hall–Kier alpha value is -4.19. The molecule has 4 rings (SSSR count). The summed E-state index contributed by atoms with van der Waals surface area (Å²) in [4.78, 5) is 41.8. The van der Waals surface area contributed by atoms with Gasteiger partial charge >= 0.3 is 5.97 Å². The number of fused-ring (bicyclic) bond motifs is 1. The Balaban J connectivity index is 1.79. The molecule has 2 amide bonds. The van der Waals surface area contributed by atoms with Crippen molar-refractivity contribution in [2.75, 3.05) is 7.11 Å². The summed E-state index contributed by atoms with van der Waals surface area (Å²) in [6.07, 6.45) is 0.157. The average Bonchev–Trinajstić information content (AvgIpc) is 2.99. The first kappa shape index (κ1) is 23.0. The van der Waals surface area contributed by atoms with Crippen LogP contribution in [0.4, 0.5) is 0 Å². The van der Waals surface area contributed by atoms with Crippen molar-refractivity contribution in [3.05, 3.63) is 114 Å². The first-order valence-corrected chi connectivity index (χ1v) is 11.1. The molecule has 1 heterocycles. The highest BCUT2D eigenvalue weighted by Gasteiger charge is 2.43. The standard InChI is InChI=1S/C28H26N2O4/c1-19-17-24(28(33)34-2)30(27(32)23-16-10-9-15-22(19)23)25(21-13-7-4-8-14-21)26(31)29-18-20-11-5-3-6-12-20/h3-16,24-25H,1,17-18H2,2H3,(H,29,31). The van der Waals surface area contributed by atoms with E-state index in [1.54, 1.807) is 42.5 Å². The van der Waals surface area contributed by atoms with Gasteiger partial charge in [-0.1, -0.05) is 85.4 Å². The molecule has 0 radical (unpaired) electrons. The SMILES string of the molecule is C=C1CC(C(=O)OC)N(C(C(=O)NCc2ccccc2)c2ccccc2)C(=O)c2ccccc21. The lowest BCUT2D eigenvalue weighted by molar-refractivity contribution is -0.147. The largest absolute Gasteiger partial charge is 0.467 e. The number of hydrogen-bond donors (Lipinski definition) is 1. The number of carbonyl (C=O) groups excluding carboxylic acids is 3. The summed E-state index contributed by atoms with van der Waals surface area (Å²) in [6, 6.07) is 23.5. The quantitative estimate of drug-likeness (QED) is 0.568. The normalized spacial score (nSPS) is 16.3. The van der Waals surface area contributed by atoms with Gasteiger partial charge in [0.2, 0.25) is 5.91 Å². The van der Waals surface area contributed by atoms with E-state index in [9.17, 15) is 14.4 Å². The lowest BCUT2D eigenvalue weighted by Gasteiger charge is -2.35. The second kappa shape index (κ2) is 10.2. The van der Waals surface area contributed by atoms with Crippen molar-refractivity contribution in [3.63, 3.8) is 0 Å². The first-order chi connectivity index (χ1) is 16.5. The number of amides is 2. The van der Waals surface area contributed by atoms with Crippen LogP contribution in [-0.2, 0) is 20.9 Å². The molecule has 172 valence electrons. The van der Waals surface area contributed by atoms with E-state index in [1.807, 2.05) is 42.5 Å². The van der Waals surface area contributed by atoms with Crippen LogP contribution < -0.4 is 5.32 Å². The Labute approximate surface area is 198 Å². The van der Waals surface area contributed by atoms with Crippen LogP contribution >= 0.6 is 0 Å². The number of benzene rings is 3. The molecule has 1 aliphatic heterocycles. The summed E-state index contributed by atoms with van der Waals surface area (Å²) in [6.45, 7) is 4.41. The van der Waals surface area contributed by atoms with Crippen molar-refractivity contribution in [1.82, 2.24) is 10.2 Å². The molecule has 0 aromatic heterocycles. The lowest BCUT2D eigenvalue weighted by atomic mass is 9.98. The smallest absolute Gasteiger partial charge is 0.328 e. The van der Waals surface area contributed by atoms with Crippen LogP contribution in [0.25, 0.3) is 5.57 Å². The van der Waals surface area contributed by atoms with Crippen LogP contribution in [0.3, 0.4) is 0 Å². The van der Waals surface area contributed by atoms with Gasteiger partial charge < -0.3 is 15.0 Å². The van der Waals surface area contributed by atoms with Gasteiger partial charge in [-0.2, -0.15) is 0 Å². The van der Waals surface area contributed by atoms with Crippen LogP contribution in [0.5, 0.6) is 0 Å². The maximum absolute atomic E-state index is 13.9. The Morgan fingerprint density at radius 2 is 1.56 bits per heavy atom. The van der Waals surface area contributed by atoms with Gasteiger partial charge in [0.15, 0.2) is 0 Å². The number of nitrogens with one attached hydrogen (secondary N) is 1. The highest BCUT2D eigenvalue weighted by molar-refractivity contribution is 6.05. The van der Waals surface area contributed by atoms with E-state index in [4.69, 9.17) is 4.74 Å². The second-order valence-electron chi connectivity index (χ2n) is 8.12. The molecule has 0 bridgehead atoms. The number of hydrogen-bond acceptors (Lipinski definition) is 4. The highest BCUT2D eigenvalue weighted by atomic mass is 16.5. The zero-order valence-electron chi connectivity index (χ0n) is 18.9. The zero-order chi connectivity index (χ0) is 24.1. The molecule has 0 saturated carbocycles. The van der Waals surface area contributed by atoms with Gasteiger partial charge in [-0.25, -0.2) is 4.79 Å². The Kier molecular flexibility index (Phi) is 6.87. The number of rotatable bonds is 6. The molecule has 34 heavy (non-hydrogen) atoms. The molecule has 0 fully saturated rings. The van der Waals surface area contributed by atoms with Gasteiger partial charge in [-0.3, -0.25) is 9.59 Å². The van der Waals surface area contributed by atoms with Gasteiger partial charge in [0.05, 0.1) is 7.11 Å². The summed E-state index contributed by atoms with van der Waals surface area (Å²) in [5.41, 5.74) is 3.22. The van der Waals surface area contributed by atoms with Gasteiger partial charge in [-0.05, 0) is 28.3 Å². The second-order valence-corrected chi connectivity index (χ2v) is 8.12. The highest BCUT2D eigenvalue weighted by Crippen LogP contribution is 2.35. The Morgan fingerprint density at radius 1 is 0.971 bits per heavy atom. The maximum Gasteiger partial charge on any atom is 0.328 e. The van der Waals surface area contributed by atoms with Crippen molar-refractivity contribution in [3.8, 4) is 0 Å². The molecular formula is C28H26N2O4. The van der Waals surface area contributed by atoms with Crippen molar-refractivity contribution in [2.45, 2.75) is 25.0 Å². The van der Waals surface area contributed by atoms with Crippen molar-refractivity contribution in [1.29, 1.82) is 0 Å². The first-order valence-electron chi connectivity index (χ1n) is 11.1. The average molecular weight is 455 g/mol. The molecule has 1 N–H and O–H groups in total. The van der Waals surface area contributed by atoms with Gasteiger partial charge in [-0.15, -0.1) is 0 Å². The third-order valence-corrected chi connectivity index (χ3v) is 5.97. The molecule has 1 aliphatic rings. The van der Waals surface area contributed by atoms with Crippen LogP contribution in [0.2, 0.25) is 0 Å². The van der Waals surface area contributed by atoms with E-state index in [1.165, 1.54) is 12.0 Å². The van der Waals surface area contributed by atoms with Crippen molar-refractivity contribution >= 4 is 23.4 Å². The fraction of sp³-hybridized carbons (Fsp3) is 0.179. The summed E-state index contributed by atoms with van der Waals surface area (Å²) >= 11 is 0. The summed E-state index contributed by atoms with van der Waals surface area (Å²) in [5.74, 6) is -1.41. The molecule has 2 unspecified atom stereocenters. The van der Waals surface area contributed by atoms with E-state index in [-0.39, 0.29) is 18.9 Å². The molecule has 0 saturated heterocycles. The molecule has 6 heteroatoms. The number of nitrogens with zero attached hydrogens (tertiary/aromatic N) is 1. The fourth-order valence-electron chi connectivity index (χ4n) is 4.29. The predicted octanol–water partition coefficient (Wildman–Crippen LogP) is 4.15. The molecule has 0 aliphatic carbocycles. The Bertz CT molecular complexity index is 1210. The minimum atomic E-state index is -1.04. The summed E-state index contributed by atoms with van der Waals surface area (Å²) < 4.78 is 5.06. The van der Waals surface area contributed by atoms with E-state index >= 15 is 0 Å². The monoisotopic (exact) mass is 454 g/mol. The van der Waals surface area contributed by atoms with Gasteiger partial charge in [0, 0.05) is 18.5 Å². The van der Waals surface area contributed by atoms with Crippen LogP contribution in [0.15, 0.2) is 91.5 Å². The molecule has 6 nitrogen and oxygen atoms in total. The van der Waals surface area contributed by atoms with Crippen molar-refractivity contribution in [2.24, 2.45) is 0 Å². The topological polar surface area (TPSA) is 75.7 Å². The number of ether oxygens (including phenoxy) is 1. The van der Waals surface area contributed by atoms with E-state index in [0.29, 0.717) is 22.3 Å².